The summed E-state index contributed by atoms with van der Waals surface area (Å²) in [7, 11) is 3.22. The molecule has 1 aromatic heterocycles. The fraction of sp³-hybridized carbons (Fsp3) is 0.444. The van der Waals surface area contributed by atoms with Crippen molar-refractivity contribution in [2.24, 2.45) is 0 Å². The van der Waals surface area contributed by atoms with Gasteiger partial charge in [0.1, 0.15) is 5.82 Å². The van der Waals surface area contributed by atoms with Gasteiger partial charge in [0.15, 0.2) is 0 Å². The molecule has 15 heavy (non-hydrogen) atoms. The second kappa shape index (κ2) is 4.59. The molecular weight excluding hydrogens is 198 g/mol. The van der Waals surface area contributed by atoms with E-state index in [2.05, 4.69) is 4.98 Å². The summed E-state index contributed by atoms with van der Waals surface area (Å²) in [6.45, 7) is 2.74. The minimum absolute atomic E-state index is 0.0396. The Morgan fingerprint density at radius 2 is 2.27 bits per heavy atom. The third-order valence-electron chi connectivity index (χ3n) is 2.08. The third kappa shape index (κ3) is 2.34. The summed E-state index contributed by atoms with van der Waals surface area (Å²) >= 11 is 0. The average Bonchev–Trinajstić information content (AvgIpc) is 2.26. The lowest BCUT2D eigenvalue weighted by Gasteiger charge is -2.15. The highest BCUT2D eigenvalue weighted by molar-refractivity contribution is 5.49. The first kappa shape index (κ1) is 11.2. The van der Waals surface area contributed by atoms with E-state index < -0.39 is 4.92 Å². The molecule has 0 saturated carbocycles. The SMILES string of the molecule is CCN(C)c1ccc([N+](=O)[O-])c(OC)n1. The molecule has 0 saturated heterocycles. The number of hydrogen-bond donors (Lipinski definition) is 0. The molecule has 0 unspecified atom stereocenters. The molecule has 82 valence electrons. The topological polar surface area (TPSA) is 68.5 Å². The quantitative estimate of drug-likeness (QED) is 0.557. The molecule has 1 aromatic rings. The fourth-order valence-electron chi connectivity index (χ4n) is 1.09. The first-order chi connectivity index (χ1) is 7.10. The number of nitrogens with zero attached hydrogens (tertiary/aromatic N) is 3. The smallest absolute Gasteiger partial charge is 0.331 e. The maximum Gasteiger partial charge on any atom is 0.331 e. The predicted octanol–water partition coefficient (Wildman–Crippen LogP) is 1.45. The molecule has 0 aliphatic carbocycles. The van der Waals surface area contributed by atoms with Gasteiger partial charge in [0.05, 0.1) is 12.0 Å². The van der Waals surface area contributed by atoms with Gasteiger partial charge in [0, 0.05) is 19.7 Å². The Morgan fingerprint density at radius 3 is 2.73 bits per heavy atom. The summed E-state index contributed by atoms with van der Waals surface area (Å²) in [5.74, 6) is 0.692. The summed E-state index contributed by atoms with van der Waals surface area (Å²) in [6.07, 6.45) is 0. The molecule has 0 aromatic carbocycles. The van der Waals surface area contributed by atoms with Crippen LogP contribution in [0, 0.1) is 10.1 Å². The maximum atomic E-state index is 10.6. The van der Waals surface area contributed by atoms with Crippen LogP contribution in [0.5, 0.6) is 5.88 Å². The Balaban J connectivity index is 3.13. The van der Waals surface area contributed by atoms with Crippen LogP contribution in [-0.4, -0.2) is 30.6 Å². The normalized spacial score (nSPS) is 9.80. The summed E-state index contributed by atoms with van der Waals surface area (Å²) in [5, 5.41) is 10.6. The lowest BCUT2D eigenvalue weighted by atomic mass is 10.4. The van der Waals surface area contributed by atoms with Crippen LogP contribution in [0.1, 0.15) is 6.92 Å². The molecule has 0 bridgehead atoms. The van der Waals surface area contributed by atoms with E-state index in [0.29, 0.717) is 5.82 Å². The maximum absolute atomic E-state index is 10.6. The van der Waals surface area contributed by atoms with Crippen LogP contribution in [0.4, 0.5) is 11.5 Å². The van der Waals surface area contributed by atoms with Crippen molar-refractivity contribution in [3.8, 4) is 5.88 Å². The van der Waals surface area contributed by atoms with Gasteiger partial charge in [-0.15, -0.1) is 0 Å². The Morgan fingerprint density at radius 1 is 1.60 bits per heavy atom. The van der Waals surface area contributed by atoms with Crippen molar-refractivity contribution in [2.75, 3.05) is 25.6 Å². The molecule has 0 fully saturated rings. The van der Waals surface area contributed by atoms with Gasteiger partial charge in [-0.2, -0.15) is 4.98 Å². The molecule has 0 atom stereocenters. The van der Waals surface area contributed by atoms with E-state index >= 15 is 0 Å². The molecule has 0 N–H and O–H groups in total. The van der Waals surface area contributed by atoms with Crippen molar-refractivity contribution >= 4 is 11.5 Å². The van der Waals surface area contributed by atoms with E-state index in [-0.39, 0.29) is 11.6 Å². The standard InChI is InChI=1S/C9H13N3O3/c1-4-11(2)8-6-5-7(12(13)14)9(10-8)15-3/h5-6H,4H2,1-3H3. The molecule has 0 aliphatic rings. The summed E-state index contributed by atoms with van der Waals surface area (Å²) < 4.78 is 4.86. The minimum atomic E-state index is -0.512. The molecular formula is C9H13N3O3. The van der Waals surface area contributed by atoms with Crippen LogP contribution < -0.4 is 9.64 Å². The van der Waals surface area contributed by atoms with Gasteiger partial charge >= 0.3 is 5.69 Å². The largest absolute Gasteiger partial charge is 0.476 e. The van der Waals surface area contributed by atoms with E-state index in [0.717, 1.165) is 6.54 Å². The third-order valence-corrected chi connectivity index (χ3v) is 2.08. The number of anilines is 1. The first-order valence-electron chi connectivity index (χ1n) is 4.50. The zero-order valence-electron chi connectivity index (χ0n) is 8.93. The van der Waals surface area contributed by atoms with Gasteiger partial charge < -0.3 is 9.64 Å². The highest BCUT2D eigenvalue weighted by Gasteiger charge is 2.17. The lowest BCUT2D eigenvalue weighted by molar-refractivity contribution is -0.386. The fourth-order valence-corrected chi connectivity index (χ4v) is 1.09. The number of nitro groups is 1. The van der Waals surface area contributed by atoms with Crippen molar-refractivity contribution in [3.63, 3.8) is 0 Å². The van der Waals surface area contributed by atoms with E-state index in [1.165, 1.54) is 13.2 Å². The van der Waals surface area contributed by atoms with Gasteiger partial charge in [0.2, 0.25) is 0 Å². The minimum Gasteiger partial charge on any atom is -0.476 e. The van der Waals surface area contributed by atoms with Crippen LogP contribution in [-0.2, 0) is 0 Å². The Labute approximate surface area is 87.6 Å². The Bertz CT molecular complexity index is 368. The molecule has 6 heteroatoms. The number of methoxy groups -OCH3 is 1. The Hall–Kier alpha value is -1.85. The second-order valence-corrected chi connectivity index (χ2v) is 2.97. The van der Waals surface area contributed by atoms with Gasteiger partial charge in [-0.1, -0.05) is 0 Å². The van der Waals surface area contributed by atoms with Crippen LogP contribution in [0.15, 0.2) is 12.1 Å². The van der Waals surface area contributed by atoms with Crippen LogP contribution >= 0.6 is 0 Å². The van der Waals surface area contributed by atoms with Crippen molar-refractivity contribution in [1.29, 1.82) is 0 Å². The Kier molecular flexibility index (Phi) is 3.43. The van der Waals surface area contributed by atoms with Crippen LogP contribution in [0.2, 0.25) is 0 Å². The number of rotatable bonds is 4. The number of aromatic nitrogens is 1. The van der Waals surface area contributed by atoms with E-state index in [1.807, 2.05) is 18.9 Å². The number of pyridine rings is 1. The van der Waals surface area contributed by atoms with Gasteiger partial charge in [0.25, 0.3) is 5.88 Å². The number of hydrogen-bond acceptors (Lipinski definition) is 5. The average molecular weight is 211 g/mol. The highest BCUT2D eigenvalue weighted by Crippen LogP contribution is 2.26. The van der Waals surface area contributed by atoms with Crippen LogP contribution in [0.3, 0.4) is 0 Å². The molecule has 0 spiro atoms. The van der Waals surface area contributed by atoms with Crippen LogP contribution in [0.25, 0.3) is 0 Å². The zero-order chi connectivity index (χ0) is 11.4. The molecule has 6 nitrogen and oxygen atoms in total. The van der Waals surface area contributed by atoms with Crippen molar-refractivity contribution in [1.82, 2.24) is 4.98 Å². The van der Waals surface area contributed by atoms with E-state index in [4.69, 9.17) is 4.74 Å². The van der Waals surface area contributed by atoms with Crippen molar-refractivity contribution in [2.45, 2.75) is 6.92 Å². The summed E-state index contributed by atoms with van der Waals surface area (Å²) in [6, 6.07) is 3.00. The lowest BCUT2D eigenvalue weighted by Crippen LogP contribution is -2.17. The molecule has 1 heterocycles. The van der Waals surface area contributed by atoms with Gasteiger partial charge in [-0.25, -0.2) is 0 Å². The molecule has 0 amide bonds. The first-order valence-corrected chi connectivity index (χ1v) is 4.50. The summed E-state index contributed by atoms with van der Waals surface area (Å²) in [5.41, 5.74) is -0.120. The molecule has 1 rings (SSSR count). The monoisotopic (exact) mass is 211 g/mol. The van der Waals surface area contributed by atoms with Gasteiger partial charge in [-0.3, -0.25) is 10.1 Å². The zero-order valence-corrected chi connectivity index (χ0v) is 8.93. The number of ether oxygens (including phenoxy) is 1. The molecule has 0 aliphatic heterocycles. The molecule has 0 radical (unpaired) electrons. The van der Waals surface area contributed by atoms with E-state index in [1.54, 1.807) is 6.07 Å². The second-order valence-electron chi connectivity index (χ2n) is 2.97. The van der Waals surface area contributed by atoms with Crippen molar-refractivity contribution in [3.05, 3.63) is 22.2 Å². The van der Waals surface area contributed by atoms with Crippen molar-refractivity contribution < 1.29 is 9.66 Å². The van der Waals surface area contributed by atoms with Gasteiger partial charge in [-0.05, 0) is 13.0 Å². The summed E-state index contributed by atoms with van der Waals surface area (Å²) in [4.78, 5) is 16.0. The van der Waals surface area contributed by atoms with E-state index in [9.17, 15) is 10.1 Å². The predicted molar refractivity (Wildman–Crippen MR) is 56.4 cm³/mol. The highest BCUT2D eigenvalue weighted by atomic mass is 16.6.